The van der Waals surface area contributed by atoms with Crippen LogP contribution in [-0.4, -0.2) is 12.1 Å². The minimum Gasteiger partial charge on any atom is -0.496 e. The molecule has 2 aromatic heterocycles. The number of H-pyrrole nitrogens is 2. The molecule has 0 saturated heterocycles. The van der Waals surface area contributed by atoms with Crippen LogP contribution in [0.25, 0.3) is 10.9 Å². The number of nitrogens with one attached hydrogen (secondary N) is 3. The zero-order chi connectivity index (χ0) is 18.8. The molecule has 3 N–H and O–H groups in total. The van der Waals surface area contributed by atoms with Gasteiger partial charge in [0, 0.05) is 33.8 Å². The highest BCUT2D eigenvalue weighted by molar-refractivity contribution is 5.86. The summed E-state index contributed by atoms with van der Waals surface area (Å²) in [5.41, 5.74) is 5.72. The van der Waals surface area contributed by atoms with Crippen LogP contribution in [-0.2, 0) is 0 Å². The normalized spacial score (nSPS) is 12.1. The summed E-state index contributed by atoms with van der Waals surface area (Å²) >= 11 is 0. The van der Waals surface area contributed by atoms with Crippen molar-refractivity contribution in [2.24, 2.45) is 0 Å². The van der Waals surface area contributed by atoms with Crippen LogP contribution in [0.5, 0.6) is 5.75 Å². The zero-order valence-electron chi connectivity index (χ0n) is 15.8. The van der Waals surface area contributed by atoms with Crippen molar-refractivity contribution in [1.82, 2.24) is 4.98 Å². The summed E-state index contributed by atoms with van der Waals surface area (Å²) in [6.07, 6.45) is 0. The number of hydrogen-bond acceptors (Lipinski definition) is 2. The van der Waals surface area contributed by atoms with Gasteiger partial charge in [0.2, 0.25) is 0 Å². The minimum atomic E-state index is -0.0599. The van der Waals surface area contributed by atoms with E-state index in [2.05, 4.69) is 83.7 Å². The molecule has 0 saturated carbocycles. The number of aromatic amines is 2. The quantitative estimate of drug-likeness (QED) is 0.538. The maximum Gasteiger partial charge on any atom is 0.273 e. The molecule has 0 fully saturated rings. The Morgan fingerprint density at radius 3 is 2.52 bits per heavy atom. The van der Waals surface area contributed by atoms with Crippen molar-refractivity contribution in [2.75, 3.05) is 12.4 Å². The molecule has 27 heavy (non-hydrogen) atoms. The number of para-hydroxylation sites is 2. The van der Waals surface area contributed by atoms with Gasteiger partial charge >= 0.3 is 0 Å². The first-order chi connectivity index (χ1) is 13.2. The lowest BCUT2D eigenvalue weighted by Crippen LogP contribution is -2.21. The fourth-order valence-corrected chi connectivity index (χ4v) is 3.70. The Kier molecular flexibility index (Phi) is 4.55. The van der Waals surface area contributed by atoms with Crippen LogP contribution >= 0.6 is 0 Å². The second-order valence-corrected chi connectivity index (χ2v) is 6.78. The second kappa shape index (κ2) is 7.16. The number of aryl methyl sites for hydroxylation is 2. The van der Waals surface area contributed by atoms with E-state index in [0.29, 0.717) is 0 Å². The van der Waals surface area contributed by atoms with Gasteiger partial charge in [-0.25, -0.2) is 4.98 Å². The number of ether oxygens (including phenoxy) is 1. The van der Waals surface area contributed by atoms with Crippen LogP contribution in [0.3, 0.4) is 0 Å². The first-order valence-corrected chi connectivity index (χ1v) is 9.13. The summed E-state index contributed by atoms with van der Waals surface area (Å²) in [7, 11) is 1.72. The Morgan fingerprint density at radius 2 is 1.70 bits per heavy atom. The van der Waals surface area contributed by atoms with Gasteiger partial charge in [0.15, 0.2) is 6.04 Å². The molecule has 2 heterocycles. The number of hydrogen-bond donors (Lipinski definition) is 2. The maximum absolute atomic E-state index is 5.68. The third-order valence-electron chi connectivity index (χ3n) is 4.92. The summed E-state index contributed by atoms with van der Waals surface area (Å²) in [6.45, 7) is 4.18. The Balaban J connectivity index is 1.91. The van der Waals surface area contributed by atoms with Crippen LogP contribution in [0.15, 0.2) is 66.7 Å². The van der Waals surface area contributed by atoms with Crippen molar-refractivity contribution in [1.29, 1.82) is 0 Å². The zero-order valence-corrected chi connectivity index (χ0v) is 15.8. The highest BCUT2D eigenvalue weighted by atomic mass is 16.5. The number of pyridine rings is 1. The van der Waals surface area contributed by atoms with E-state index in [1.165, 1.54) is 10.9 Å². The number of rotatable bonds is 5. The Morgan fingerprint density at radius 1 is 0.926 bits per heavy atom. The molecule has 4 heteroatoms. The van der Waals surface area contributed by atoms with Crippen LogP contribution in [0, 0.1) is 13.8 Å². The third-order valence-corrected chi connectivity index (χ3v) is 4.92. The van der Waals surface area contributed by atoms with E-state index in [9.17, 15) is 0 Å². The fraction of sp³-hybridized carbons (Fsp3) is 0.174. The van der Waals surface area contributed by atoms with E-state index in [1.807, 2.05) is 12.1 Å². The lowest BCUT2D eigenvalue weighted by molar-refractivity contribution is -0.371. The fourth-order valence-electron chi connectivity index (χ4n) is 3.70. The first-order valence-electron chi connectivity index (χ1n) is 9.13. The van der Waals surface area contributed by atoms with Gasteiger partial charge in [0.05, 0.1) is 12.8 Å². The van der Waals surface area contributed by atoms with Crippen molar-refractivity contribution in [2.45, 2.75) is 19.9 Å². The predicted molar refractivity (Wildman–Crippen MR) is 109 cm³/mol. The summed E-state index contributed by atoms with van der Waals surface area (Å²) in [5.74, 6) is 1.84. The molecule has 4 rings (SSSR count). The van der Waals surface area contributed by atoms with Gasteiger partial charge in [-0.3, -0.25) is 5.32 Å². The average molecular weight is 358 g/mol. The van der Waals surface area contributed by atoms with E-state index in [-0.39, 0.29) is 6.04 Å². The van der Waals surface area contributed by atoms with Gasteiger partial charge in [-0.2, -0.15) is 0 Å². The molecular formula is C23H24N3O+. The molecule has 0 unspecified atom stereocenters. The maximum atomic E-state index is 5.68. The number of benzene rings is 2. The first kappa shape index (κ1) is 17.2. The molecular weight excluding hydrogens is 334 g/mol. The summed E-state index contributed by atoms with van der Waals surface area (Å²) in [6, 6.07) is 22.7. The summed E-state index contributed by atoms with van der Waals surface area (Å²) in [4.78, 5) is 6.93. The van der Waals surface area contributed by atoms with E-state index < -0.39 is 0 Å². The monoisotopic (exact) mass is 358 g/mol. The standard InChI is InChI=1S/C23H23N3O/c1-15-9-8-14-21(24-15)26-23(18-11-5-7-13-20(18)27-3)22-16(2)25-19-12-6-4-10-17(19)22/h4-14,23,25H,1-3H3,(H,24,26)/p+1/t23-/m1/s1. The molecule has 0 bridgehead atoms. The molecule has 0 radical (unpaired) electrons. The molecule has 4 nitrogen and oxygen atoms in total. The number of aromatic nitrogens is 2. The minimum absolute atomic E-state index is 0.0599. The van der Waals surface area contributed by atoms with Gasteiger partial charge in [-0.05, 0) is 32.0 Å². The van der Waals surface area contributed by atoms with Crippen LogP contribution < -0.4 is 15.0 Å². The van der Waals surface area contributed by atoms with Gasteiger partial charge in [-0.15, -0.1) is 0 Å². The average Bonchev–Trinajstić information content (AvgIpc) is 3.02. The Bertz CT molecular complexity index is 1080. The lowest BCUT2D eigenvalue weighted by atomic mass is 9.95. The van der Waals surface area contributed by atoms with Gasteiger partial charge in [-0.1, -0.05) is 42.5 Å². The molecule has 0 amide bonds. The van der Waals surface area contributed by atoms with Gasteiger partial charge < -0.3 is 9.72 Å². The van der Waals surface area contributed by atoms with Crippen molar-refractivity contribution >= 4 is 16.7 Å². The molecule has 0 aliphatic rings. The largest absolute Gasteiger partial charge is 0.496 e. The number of methoxy groups -OCH3 is 1. The second-order valence-electron chi connectivity index (χ2n) is 6.78. The van der Waals surface area contributed by atoms with Crippen LogP contribution in [0.4, 0.5) is 5.82 Å². The highest BCUT2D eigenvalue weighted by Gasteiger charge is 2.27. The molecule has 2 aromatic carbocycles. The third kappa shape index (κ3) is 3.26. The molecule has 0 aliphatic heterocycles. The van der Waals surface area contributed by atoms with E-state index >= 15 is 0 Å². The van der Waals surface area contributed by atoms with Gasteiger partial charge in [0.1, 0.15) is 5.75 Å². The van der Waals surface area contributed by atoms with E-state index in [4.69, 9.17) is 4.74 Å². The summed E-state index contributed by atoms with van der Waals surface area (Å²) in [5, 5.41) is 4.90. The molecule has 136 valence electrons. The molecule has 1 atom stereocenters. The molecule has 0 aliphatic carbocycles. The topological polar surface area (TPSA) is 51.2 Å². The SMILES string of the molecule is COc1ccccc1[C@@H](Nc1cccc(C)[nH+]1)c1c(C)[nH]c2ccccc12. The smallest absolute Gasteiger partial charge is 0.273 e. The van der Waals surface area contributed by atoms with Crippen molar-refractivity contribution in [3.05, 3.63) is 89.2 Å². The Hall–Kier alpha value is -3.27. The Labute approximate surface area is 159 Å². The van der Waals surface area contributed by atoms with Gasteiger partial charge in [0.25, 0.3) is 5.82 Å². The van der Waals surface area contributed by atoms with E-state index in [0.717, 1.165) is 34.0 Å². The molecule has 4 aromatic rings. The summed E-state index contributed by atoms with van der Waals surface area (Å²) < 4.78 is 5.68. The van der Waals surface area contributed by atoms with Crippen LogP contribution in [0.1, 0.15) is 28.6 Å². The highest BCUT2D eigenvalue weighted by Crippen LogP contribution is 2.37. The van der Waals surface area contributed by atoms with Crippen LogP contribution in [0.2, 0.25) is 0 Å². The molecule has 0 spiro atoms. The van der Waals surface area contributed by atoms with Crippen molar-refractivity contribution in [3.63, 3.8) is 0 Å². The van der Waals surface area contributed by atoms with E-state index in [1.54, 1.807) is 7.11 Å². The lowest BCUT2D eigenvalue weighted by Gasteiger charge is -2.18. The predicted octanol–water partition coefficient (Wildman–Crippen LogP) is 4.81. The van der Waals surface area contributed by atoms with Crippen molar-refractivity contribution in [3.8, 4) is 5.75 Å². The number of anilines is 1. The number of fused-ring (bicyclic) bond motifs is 1. The van der Waals surface area contributed by atoms with Crippen molar-refractivity contribution < 1.29 is 9.72 Å².